The Morgan fingerprint density at radius 2 is 2.05 bits per heavy atom. The third-order valence-electron chi connectivity index (χ3n) is 2.94. The molecule has 1 unspecified atom stereocenters. The predicted octanol–water partition coefficient (Wildman–Crippen LogP) is 2.14. The molecule has 5 heteroatoms. The molecular formula is C14H15ClN2O2. The smallest absolute Gasteiger partial charge is 0.268 e. The van der Waals surface area contributed by atoms with Crippen molar-refractivity contribution >= 4 is 17.5 Å². The second-order valence-corrected chi connectivity index (χ2v) is 4.70. The molecule has 0 spiro atoms. The second-order valence-electron chi connectivity index (χ2n) is 4.26. The fraction of sp³-hybridized carbons (Fsp3) is 0.214. The van der Waals surface area contributed by atoms with Gasteiger partial charge in [0.15, 0.2) is 0 Å². The molecule has 0 saturated heterocycles. The van der Waals surface area contributed by atoms with Gasteiger partial charge in [-0.1, -0.05) is 23.7 Å². The Balaban J connectivity index is 2.13. The van der Waals surface area contributed by atoms with Crippen LogP contribution in [0.1, 0.15) is 22.1 Å². The van der Waals surface area contributed by atoms with Crippen LogP contribution >= 0.6 is 11.6 Å². The third kappa shape index (κ3) is 3.16. The summed E-state index contributed by atoms with van der Waals surface area (Å²) in [6, 6.07) is 10.1. The normalized spacial score (nSPS) is 12.2. The Morgan fingerprint density at radius 1 is 1.37 bits per heavy atom. The highest BCUT2D eigenvalue weighted by molar-refractivity contribution is 6.30. The minimum atomic E-state index is -0.445. The lowest BCUT2D eigenvalue weighted by Crippen LogP contribution is -2.31. The summed E-state index contributed by atoms with van der Waals surface area (Å²) in [5.74, 6) is -0.221. The first-order valence-corrected chi connectivity index (χ1v) is 6.28. The molecule has 0 fully saturated rings. The Hall–Kier alpha value is -1.78. The molecule has 0 aliphatic rings. The largest absolute Gasteiger partial charge is 0.394 e. The Bertz CT molecular complexity index is 563. The lowest BCUT2D eigenvalue weighted by molar-refractivity contribution is 0.0908. The highest BCUT2D eigenvalue weighted by Gasteiger charge is 2.16. The molecule has 1 aromatic carbocycles. The fourth-order valence-electron chi connectivity index (χ4n) is 1.86. The highest BCUT2D eigenvalue weighted by atomic mass is 35.5. The monoisotopic (exact) mass is 278 g/mol. The van der Waals surface area contributed by atoms with E-state index in [1.807, 2.05) is 0 Å². The van der Waals surface area contributed by atoms with E-state index in [-0.39, 0.29) is 12.5 Å². The minimum absolute atomic E-state index is 0.169. The summed E-state index contributed by atoms with van der Waals surface area (Å²) in [5.41, 5.74) is 1.36. The number of carbonyl (C=O) groups excluding carboxylic acids is 1. The van der Waals surface area contributed by atoms with E-state index in [0.29, 0.717) is 10.7 Å². The number of carbonyl (C=O) groups is 1. The van der Waals surface area contributed by atoms with Gasteiger partial charge in [-0.3, -0.25) is 4.79 Å². The van der Waals surface area contributed by atoms with Gasteiger partial charge in [0.25, 0.3) is 5.91 Å². The van der Waals surface area contributed by atoms with Crippen molar-refractivity contribution in [1.29, 1.82) is 0 Å². The zero-order chi connectivity index (χ0) is 13.8. The van der Waals surface area contributed by atoms with Gasteiger partial charge in [0.05, 0.1) is 12.6 Å². The van der Waals surface area contributed by atoms with Crippen molar-refractivity contribution in [2.45, 2.75) is 6.04 Å². The van der Waals surface area contributed by atoms with Gasteiger partial charge >= 0.3 is 0 Å². The maximum atomic E-state index is 12.1. The van der Waals surface area contributed by atoms with Crippen molar-refractivity contribution in [3.05, 3.63) is 58.9 Å². The van der Waals surface area contributed by atoms with Crippen LogP contribution in [0.5, 0.6) is 0 Å². The summed E-state index contributed by atoms with van der Waals surface area (Å²) < 4.78 is 1.73. The molecule has 2 N–H and O–H groups in total. The van der Waals surface area contributed by atoms with Crippen LogP contribution in [0.4, 0.5) is 0 Å². The van der Waals surface area contributed by atoms with E-state index in [1.54, 1.807) is 54.2 Å². The summed E-state index contributed by atoms with van der Waals surface area (Å²) in [5, 5.41) is 12.8. The topological polar surface area (TPSA) is 54.3 Å². The number of aliphatic hydroxyl groups excluding tert-OH is 1. The maximum absolute atomic E-state index is 12.1. The van der Waals surface area contributed by atoms with Crippen molar-refractivity contribution in [2.75, 3.05) is 6.61 Å². The average Bonchev–Trinajstić information content (AvgIpc) is 2.83. The van der Waals surface area contributed by atoms with Crippen LogP contribution in [0.2, 0.25) is 5.02 Å². The standard InChI is InChI=1S/C14H15ClN2O2/c1-17-8-2-3-13(17)14(19)16-12(9-18)10-4-6-11(15)7-5-10/h2-8,12,18H,9H2,1H3,(H,16,19). The number of halogens is 1. The van der Waals surface area contributed by atoms with Gasteiger partial charge in [0, 0.05) is 18.3 Å². The van der Waals surface area contributed by atoms with E-state index in [9.17, 15) is 9.90 Å². The van der Waals surface area contributed by atoms with Crippen LogP contribution < -0.4 is 5.32 Å². The molecule has 0 aliphatic heterocycles. The summed E-state index contributed by atoms with van der Waals surface area (Å²) >= 11 is 5.81. The number of aliphatic hydroxyl groups is 1. The Morgan fingerprint density at radius 3 is 2.58 bits per heavy atom. The summed E-state index contributed by atoms with van der Waals surface area (Å²) in [7, 11) is 1.80. The van der Waals surface area contributed by atoms with Gasteiger partial charge in [-0.25, -0.2) is 0 Å². The molecule has 1 atom stereocenters. The number of nitrogens with one attached hydrogen (secondary N) is 1. The van der Waals surface area contributed by atoms with Gasteiger partial charge in [0.1, 0.15) is 5.69 Å². The number of benzene rings is 1. The molecule has 1 heterocycles. The Kier molecular flexibility index (Phi) is 4.24. The van der Waals surface area contributed by atoms with Crippen LogP contribution in [0.25, 0.3) is 0 Å². The van der Waals surface area contributed by atoms with Gasteiger partial charge in [-0.05, 0) is 29.8 Å². The van der Waals surface area contributed by atoms with Crippen LogP contribution in [0.15, 0.2) is 42.6 Å². The van der Waals surface area contributed by atoms with Gasteiger partial charge in [-0.15, -0.1) is 0 Å². The van der Waals surface area contributed by atoms with E-state index in [4.69, 9.17) is 11.6 Å². The number of amides is 1. The number of hydrogen-bond acceptors (Lipinski definition) is 2. The number of nitrogens with zero attached hydrogens (tertiary/aromatic N) is 1. The number of hydrogen-bond donors (Lipinski definition) is 2. The molecule has 2 aromatic rings. The first-order valence-electron chi connectivity index (χ1n) is 5.90. The molecule has 0 saturated carbocycles. The van der Waals surface area contributed by atoms with E-state index < -0.39 is 6.04 Å². The zero-order valence-corrected chi connectivity index (χ0v) is 11.3. The molecule has 0 bridgehead atoms. The van der Waals surface area contributed by atoms with Crippen LogP contribution in [-0.4, -0.2) is 22.2 Å². The fourth-order valence-corrected chi connectivity index (χ4v) is 1.98. The SMILES string of the molecule is Cn1cccc1C(=O)NC(CO)c1ccc(Cl)cc1. The average molecular weight is 279 g/mol. The zero-order valence-electron chi connectivity index (χ0n) is 10.5. The lowest BCUT2D eigenvalue weighted by atomic mass is 10.1. The van der Waals surface area contributed by atoms with Crippen molar-refractivity contribution in [2.24, 2.45) is 7.05 Å². The maximum Gasteiger partial charge on any atom is 0.268 e. The van der Waals surface area contributed by atoms with E-state index in [1.165, 1.54) is 0 Å². The molecule has 0 radical (unpaired) electrons. The number of aryl methyl sites for hydroxylation is 1. The van der Waals surface area contributed by atoms with Crippen molar-refractivity contribution in [1.82, 2.24) is 9.88 Å². The van der Waals surface area contributed by atoms with Crippen LogP contribution in [0.3, 0.4) is 0 Å². The van der Waals surface area contributed by atoms with Crippen LogP contribution in [0, 0.1) is 0 Å². The van der Waals surface area contributed by atoms with Crippen molar-refractivity contribution in [3.63, 3.8) is 0 Å². The van der Waals surface area contributed by atoms with Gasteiger partial charge < -0.3 is 15.0 Å². The minimum Gasteiger partial charge on any atom is -0.394 e. The van der Waals surface area contributed by atoms with Gasteiger partial charge in [-0.2, -0.15) is 0 Å². The van der Waals surface area contributed by atoms with Crippen molar-refractivity contribution in [3.8, 4) is 0 Å². The Labute approximate surface area is 116 Å². The van der Waals surface area contributed by atoms with Gasteiger partial charge in [0.2, 0.25) is 0 Å². The van der Waals surface area contributed by atoms with E-state index >= 15 is 0 Å². The molecule has 4 nitrogen and oxygen atoms in total. The number of rotatable bonds is 4. The summed E-state index contributed by atoms with van der Waals surface area (Å²) in [4.78, 5) is 12.1. The molecular weight excluding hydrogens is 264 g/mol. The van der Waals surface area contributed by atoms with E-state index in [2.05, 4.69) is 5.32 Å². The summed E-state index contributed by atoms with van der Waals surface area (Å²) in [6.45, 7) is -0.169. The molecule has 0 aliphatic carbocycles. The van der Waals surface area contributed by atoms with Crippen molar-refractivity contribution < 1.29 is 9.90 Å². The first kappa shape index (κ1) is 13.6. The summed E-state index contributed by atoms with van der Waals surface area (Å²) in [6.07, 6.45) is 1.80. The van der Waals surface area contributed by atoms with Crippen LogP contribution in [-0.2, 0) is 7.05 Å². The van der Waals surface area contributed by atoms with E-state index in [0.717, 1.165) is 5.56 Å². The molecule has 19 heavy (non-hydrogen) atoms. The first-order chi connectivity index (χ1) is 9.11. The third-order valence-corrected chi connectivity index (χ3v) is 3.19. The number of aromatic nitrogens is 1. The predicted molar refractivity (Wildman–Crippen MR) is 74.2 cm³/mol. The molecule has 2 rings (SSSR count). The molecule has 1 amide bonds. The molecule has 100 valence electrons. The lowest BCUT2D eigenvalue weighted by Gasteiger charge is -2.17. The quantitative estimate of drug-likeness (QED) is 0.900. The highest BCUT2D eigenvalue weighted by Crippen LogP contribution is 2.16. The molecule has 1 aromatic heterocycles. The second kappa shape index (κ2) is 5.91.